The summed E-state index contributed by atoms with van der Waals surface area (Å²) >= 11 is 0. The fraction of sp³-hybridized carbons (Fsp3) is 0.286. The van der Waals surface area contributed by atoms with Crippen molar-refractivity contribution in [2.24, 2.45) is 0 Å². The third-order valence-electron chi connectivity index (χ3n) is 3.04. The second kappa shape index (κ2) is 4.42. The second-order valence-corrected chi connectivity index (χ2v) is 4.35. The molecule has 2 heterocycles. The van der Waals surface area contributed by atoms with Crippen LogP contribution in [0.15, 0.2) is 18.3 Å². The average molecular weight is 258 g/mol. The molecule has 0 saturated carbocycles. The molecule has 0 aliphatic carbocycles. The average Bonchev–Trinajstić information content (AvgIpc) is 2.87. The van der Waals surface area contributed by atoms with E-state index in [-0.39, 0.29) is 6.79 Å². The molecule has 5 nitrogen and oxygen atoms in total. The third-order valence-corrected chi connectivity index (χ3v) is 3.04. The molecule has 3 rings (SSSR count). The molecule has 0 bridgehead atoms. The SMILES string of the molecule is COc1cc2c(cc1-c1nc(C)ncc1C)OCO2. The monoisotopic (exact) mass is 258 g/mol. The lowest BCUT2D eigenvalue weighted by Gasteiger charge is -2.11. The summed E-state index contributed by atoms with van der Waals surface area (Å²) in [5.41, 5.74) is 2.72. The van der Waals surface area contributed by atoms with E-state index in [1.807, 2.05) is 32.2 Å². The predicted octanol–water partition coefficient (Wildman–Crippen LogP) is 2.50. The highest BCUT2D eigenvalue weighted by atomic mass is 16.7. The molecule has 98 valence electrons. The van der Waals surface area contributed by atoms with E-state index in [9.17, 15) is 0 Å². The lowest BCUT2D eigenvalue weighted by Crippen LogP contribution is -1.97. The van der Waals surface area contributed by atoms with Gasteiger partial charge in [0.2, 0.25) is 6.79 Å². The molecule has 19 heavy (non-hydrogen) atoms. The van der Waals surface area contributed by atoms with E-state index in [4.69, 9.17) is 14.2 Å². The molecule has 0 atom stereocenters. The van der Waals surface area contributed by atoms with Crippen LogP contribution in [0.4, 0.5) is 0 Å². The lowest BCUT2D eigenvalue weighted by atomic mass is 10.1. The smallest absolute Gasteiger partial charge is 0.231 e. The number of rotatable bonds is 2. The first-order valence-corrected chi connectivity index (χ1v) is 5.97. The van der Waals surface area contributed by atoms with Crippen LogP contribution in [0, 0.1) is 13.8 Å². The van der Waals surface area contributed by atoms with Crippen LogP contribution in [0.5, 0.6) is 17.2 Å². The molecule has 1 aliphatic heterocycles. The van der Waals surface area contributed by atoms with Crippen molar-refractivity contribution >= 4 is 0 Å². The summed E-state index contributed by atoms with van der Waals surface area (Å²) in [5.74, 6) is 2.85. The van der Waals surface area contributed by atoms with Crippen LogP contribution in [0.2, 0.25) is 0 Å². The Morgan fingerprint density at radius 2 is 1.89 bits per heavy atom. The van der Waals surface area contributed by atoms with Gasteiger partial charge in [-0.15, -0.1) is 0 Å². The Balaban J connectivity index is 2.21. The summed E-state index contributed by atoms with van der Waals surface area (Å²) < 4.78 is 16.2. The molecule has 1 aromatic heterocycles. The number of hydrogen-bond donors (Lipinski definition) is 0. The van der Waals surface area contributed by atoms with Crippen LogP contribution >= 0.6 is 0 Å². The van der Waals surface area contributed by atoms with Gasteiger partial charge in [-0.3, -0.25) is 0 Å². The van der Waals surface area contributed by atoms with Gasteiger partial charge in [0.05, 0.1) is 12.8 Å². The molecular formula is C14H14N2O3. The number of ether oxygens (including phenoxy) is 3. The van der Waals surface area contributed by atoms with Gasteiger partial charge >= 0.3 is 0 Å². The topological polar surface area (TPSA) is 53.5 Å². The van der Waals surface area contributed by atoms with Crippen molar-refractivity contribution in [3.8, 4) is 28.5 Å². The highest BCUT2D eigenvalue weighted by Gasteiger charge is 2.20. The molecule has 0 radical (unpaired) electrons. The fourth-order valence-electron chi connectivity index (χ4n) is 2.08. The lowest BCUT2D eigenvalue weighted by molar-refractivity contribution is 0.174. The Morgan fingerprint density at radius 3 is 2.63 bits per heavy atom. The number of aromatic nitrogens is 2. The van der Waals surface area contributed by atoms with Crippen LogP contribution in [0.25, 0.3) is 11.3 Å². The van der Waals surface area contributed by atoms with Crippen molar-refractivity contribution in [1.82, 2.24) is 9.97 Å². The quantitative estimate of drug-likeness (QED) is 0.828. The summed E-state index contributed by atoms with van der Waals surface area (Å²) in [5, 5.41) is 0. The van der Waals surface area contributed by atoms with E-state index in [1.54, 1.807) is 7.11 Å². The van der Waals surface area contributed by atoms with Crippen LogP contribution in [0.1, 0.15) is 11.4 Å². The first-order valence-electron chi connectivity index (χ1n) is 5.97. The Bertz CT molecular complexity index is 641. The predicted molar refractivity (Wildman–Crippen MR) is 69.6 cm³/mol. The maximum Gasteiger partial charge on any atom is 0.231 e. The van der Waals surface area contributed by atoms with E-state index in [0.717, 1.165) is 22.6 Å². The maximum absolute atomic E-state index is 5.42. The normalized spacial score (nSPS) is 12.6. The molecule has 1 aliphatic rings. The Kier molecular flexibility index (Phi) is 2.74. The third kappa shape index (κ3) is 1.97. The standard InChI is InChI=1S/C14H14N2O3/c1-8-6-15-9(2)16-14(8)10-4-12-13(19-7-18-12)5-11(10)17-3/h4-6H,7H2,1-3H3. The number of fused-ring (bicyclic) bond motifs is 1. The minimum atomic E-state index is 0.240. The van der Waals surface area contributed by atoms with Crippen molar-refractivity contribution in [3.63, 3.8) is 0 Å². The zero-order chi connectivity index (χ0) is 13.4. The first-order chi connectivity index (χ1) is 9.19. The first kappa shape index (κ1) is 11.8. The van der Waals surface area contributed by atoms with Crippen molar-refractivity contribution in [1.29, 1.82) is 0 Å². The summed E-state index contributed by atoms with van der Waals surface area (Å²) in [6.45, 7) is 4.07. The van der Waals surface area contributed by atoms with Crippen LogP contribution in [-0.4, -0.2) is 23.9 Å². The number of methoxy groups -OCH3 is 1. The van der Waals surface area contributed by atoms with Gasteiger partial charge in [-0.2, -0.15) is 0 Å². The van der Waals surface area contributed by atoms with Gasteiger partial charge in [-0.05, 0) is 25.5 Å². The highest BCUT2D eigenvalue weighted by molar-refractivity contribution is 5.73. The van der Waals surface area contributed by atoms with Crippen molar-refractivity contribution < 1.29 is 14.2 Å². The second-order valence-electron chi connectivity index (χ2n) is 4.35. The van der Waals surface area contributed by atoms with E-state index in [0.29, 0.717) is 17.2 Å². The van der Waals surface area contributed by atoms with Gasteiger partial charge in [0.1, 0.15) is 11.6 Å². The van der Waals surface area contributed by atoms with Crippen molar-refractivity contribution in [2.75, 3.05) is 13.9 Å². The van der Waals surface area contributed by atoms with Crippen molar-refractivity contribution in [2.45, 2.75) is 13.8 Å². The zero-order valence-electron chi connectivity index (χ0n) is 11.1. The maximum atomic E-state index is 5.42. The molecule has 0 saturated heterocycles. The van der Waals surface area contributed by atoms with Crippen LogP contribution in [-0.2, 0) is 0 Å². The minimum Gasteiger partial charge on any atom is -0.496 e. The number of nitrogens with zero attached hydrogens (tertiary/aromatic N) is 2. The van der Waals surface area contributed by atoms with Gasteiger partial charge in [0.15, 0.2) is 11.5 Å². The molecule has 5 heteroatoms. The van der Waals surface area contributed by atoms with Gasteiger partial charge in [0.25, 0.3) is 0 Å². The van der Waals surface area contributed by atoms with Gasteiger partial charge in [-0.1, -0.05) is 0 Å². The van der Waals surface area contributed by atoms with Gasteiger partial charge in [0, 0.05) is 17.8 Å². The zero-order valence-corrected chi connectivity index (χ0v) is 11.1. The highest BCUT2D eigenvalue weighted by Crippen LogP contribution is 2.42. The van der Waals surface area contributed by atoms with E-state index >= 15 is 0 Å². The Hall–Kier alpha value is -2.30. The van der Waals surface area contributed by atoms with E-state index in [2.05, 4.69) is 9.97 Å². The largest absolute Gasteiger partial charge is 0.496 e. The number of hydrogen-bond acceptors (Lipinski definition) is 5. The van der Waals surface area contributed by atoms with Crippen LogP contribution < -0.4 is 14.2 Å². The number of aryl methyl sites for hydroxylation is 2. The van der Waals surface area contributed by atoms with E-state index in [1.165, 1.54) is 0 Å². The summed E-state index contributed by atoms with van der Waals surface area (Å²) in [6, 6.07) is 3.73. The molecule has 0 amide bonds. The Labute approximate surface area is 111 Å². The summed E-state index contributed by atoms with van der Waals surface area (Å²) in [6.07, 6.45) is 1.81. The molecule has 0 spiro atoms. The molecule has 1 aromatic carbocycles. The van der Waals surface area contributed by atoms with Gasteiger partial charge < -0.3 is 14.2 Å². The molecule has 2 aromatic rings. The number of benzene rings is 1. The van der Waals surface area contributed by atoms with Gasteiger partial charge in [-0.25, -0.2) is 9.97 Å². The fourth-order valence-corrected chi connectivity index (χ4v) is 2.08. The van der Waals surface area contributed by atoms with Crippen molar-refractivity contribution in [3.05, 3.63) is 29.7 Å². The molecule has 0 N–H and O–H groups in total. The summed E-state index contributed by atoms with van der Waals surface area (Å²) in [7, 11) is 1.63. The van der Waals surface area contributed by atoms with Crippen LogP contribution in [0.3, 0.4) is 0 Å². The van der Waals surface area contributed by atoms with E-state index < -0.39 is 0 Å². The summed E-state index contributed by atoms with van der Waals surface area (Å²) in [4.78, 5) is 8.67. The molecule has 0 fully saturated rings. The molecular weight excluding hydrogens is 244 g/mol. The Morgan fingerprint density at radius 1 is 1.16 bits per heavy atom. The molecule has 0 unspecified atom stereocenters. The minimum absolute atomic E-state index is 0.240.